The van der Waals surface area contributed by atoms with Gasteiger partial charge in [0.2, 0.25) is 0 Å². The lowest BCUT2D eigenvalue weighted by molar-refractivity contribution is 0.0519. The summed E-state index contributed by atoms with van der Waals surface area (Å²) >= 11 is 0. The summed E-state index contributed by atoms with van der Waals surface area (Å²) in [4.78, 5) is 2.21. The topological polar surface area (TPSA) is 21.7 Å². The fourth-order valence-corrected chi connectivity index (χ4v) is 5.21. The molecule has 0 aliphatic heterocycles. The van der Waals surface area contributed by atoms with Crippen LogP contribution in [0.1, 0.15) is 5.56 Å². The summed E-state index contributed by atoms with van der Waals surface area (Å²) in [5.41, 5.74) is 1.38. The molecule has 1 atom stereocenters. The molecule has 0 amide bonds. The molecule has 0 fully saturated rings. The lowest BCUT2D eigenvalue weighted by Crippen LogP contribution is -2.39. The molecular weight excluding hydrogens is 345 g/mol. The molecule has 0 saturated carbocycles. The largest absolute Gasteiger partial charge is 0.467 e. The Balaban J connectivity index is 2.39. The summed E-state index contributed by atoms with van der Waals surface area (Å²) in [5.74, 6) is 0.932. The van der Waals surface area contributed by atoms with Crippen LogP contribution in [0.25, 0.3) is 0 Å². The van der Waals surface area contributed by atoms with Crippen LogP contribution in [0.5, 0.6) is 5.75 Å². The van der Waals surface area contributed by atoms with Crippen LogP contribution in [0.4, 0.5) is 0 Å². The van der Waals surface area contributed by atoms with E-state index in [1.54, 1.807) is 7.11 Å². The van der Waals surface area contributed by atoms with Crippen molar-refractivity contribution in [1.82, 2.24) is 4.90 Å². The molecule has 0 aliphatic carbocycles. The molecule has 2 aromatic carbocycles. The predicted molar refractivity (Wildman–Crippen MR) is 113 cm³/mol. The highest BCUT2D eigenvalue weighted by Crippen LogP contribution is 2.22. The average molecular weight is 376 g/mol. The van der Waals surface area contributed by atoms with E-state index in [2.05, 4.69) is 81.1 Å². The van der Waals surface area contributed by atoms with Crippen molar-refractivity contribution in [2.75, 3.05) is 28.0 Å². The first kappa shape index (κ1) is 20.1. The third-order valence-corrected chi connectivity index (χ3v) is 7.41. The van der Waals surface area contributed by atoms with E-state index in [-0.39, 0.29) is 6.79 Å². The van der Waals surface area contributed by atoms with E-state index in [1.165, 1.54) is 21.4 Å². The monoisotopic (exact) mass is 375 g/mol. The van der Waals surface area contributed by atoms with Crippen LogP contribution in [0.3, 0.4) is 0 Å². The third-order valence-electron chi connectivity index (χ3n) is 3.95. The second kappa shape index (κ2) is 8.95. The first-order valence-electron chi connectivity index (χ1n) is 8.57. The van der Waals surface area contributed by atoms with Gasteiger partial charge in [0.1, 0.15) is 5.75 Å². The number of hydrogen-bond donors (Lipinski definition) is 0. The molecule has 5 heteroatoms. The van der Waals surface area contributed by atoms with Crippen LogP contribution in [-0.4, -0.2) is 41.0 Å². The van der Waals surface area contributed by atoms with Crippen molar-refractivity contribution in [1.29, 1.82) is 0 Å². The van der Waals surface area contributed by atoms with Gasteiger partial charge < -0.3 is 14.4 Å². The van der Waals surface area contributed by atoms with Crippen molar-refractivity contribution in [3.05, 3.63) is 48.0 Å². The van der Waals surface area contributed by atoms with Crippen LogP contribution < -0.4 is 20.5 Å². The van der Waals surface area contributed by atoms with Gasteiger partial charge in [0.15, 0.2) is 6.79 Å². The molecule has 0 aliphatic rings. The van der Waals surface area contributed by atoms with E-state index < -0.39 is 8.07 Å². The average Bonchev–Trinajstić information content (AvgIpc) is 2.54. The van der Waals surface area contributed by atoms with Crippen molar-refractivity contribution < 1.29 is 9.47 Å². The molecule has 0 radical (unpaired) electrons. The van der Waals surface area contributed by atoms with E-state index in [4.69, 9.17) is 9.47 Å². The summed E-state index contributed by atoms with van der Waals surface area (Å²) in [6, 6.07) is 15.4. The van der Waals surface area contributed by atoms with E-state index >= 15 is 0 Å². The van der Waals surface area contributed by atoms with Gasteiger partial charge in [-0.15, -0.1) is 0 Å². The predicted octanol–water partition coefficient (Wildman–Crippen LogP) is 2.91. The van der Waals surface area contributed by atoms with Gasteiger partial charge in [0.25, 0.3) is 0 Å². The highest BCUT2D eigenvalue weighted by atomic mass is 31.1. The normalized spacial score (nSPS) is 12.3. The minimum atomic E-state index is -1.37. The summed E-state index contributed by atoms with van der Waals surface area (Å²) in [6.07, 6.45) is 0. The van der Waals surface area contributed by atoms with Crippen molar-refractivity contribution in [3.8, 4) is 5.75 Å². The fourth-order valence-electron chi connectivity index (χ4n) is 2.61. The number of nitrogens with zero attached hydrogens (tertiary/aromatic N) is 1. The lowest BCUT2D eigenvalue weighted by Gasteiger charge is -2.21. The lowest BCUT2D eigenvalue weighted by atomic mass is 10.2. The van der Waals surface area contributed by atoms with E-state index in [0.717, 1.165) is 12.3 Å². The first-order valence-corrected chi connectivity index (χ1v) is 13.1. The summed E-state index contributed by atoms with van der Waals surface area (Å²) in [6.45, 7) is 8.37. The Kier molecular flexibility index (Phi) is 7.21. The van der Waals surface area contributed by atoms with Crippen molar-refractivity contribution in [2.24, 2.45) is 0 Å². The Morgan fingerprint density at radius 2 is 1.72 bits per heavy atom. The number of methoxy groups -OCH3 is 1. The van der Waals surface area contributed by atoms with Crippen molar-refractivity contribution in [3.63, 3.8) is 0 Å². The van der Waals surface area contributed by atoms with Gasteiger partial charge in [-0.3, -0.25) is 0 Å². The molecule has 0 heterocycles. The standard InChI is InChI=1S/C20H30NO2PSi/c1-21(2)14-16-9-7-8-10-19(16)24-20-13-17(25(4,5)6)11-12-18(20)23-15-22-3/h7-13,24H,14-15H2,1-6H3. The van der Waals surface area contributed by atoms with Gasteiger partial charge in [-0.25, -0.2) is 0 Å². The maximum absolute atomic E-state index is 5.84. The molecule has 0 saturated heterocycles. The van der Waals surface area contributed by atoms with Crippen molar-refractivity contribution in [2.45, 2.75) is 26.2 Å². The Labute approximate surface area is 155 Å². The van der Waals surface area contributed by atoms with Crippen molar-refractivity contribution >= 4 is 32.5 Å². The molecule has 0 aromatic heterocycles. The van der Waals surface area contributed by atoms with E-state index in [0.29, 0.717) is 8.58 Å². The minimum Gasteiger partial charge on any atom is -0.467 e. The molecular formula is C20H30NO2PSi. The van der Waals surface area contributed by atoms with Gasteiger partial charge in [-0.2, -0.15) is 0 Å². The van der Waals surface area contributed by atoms with Crippen LogP contribution in [0.15, 0.2) is 42.5 Å². The minimum absolute atomic E-state index is 0.281. The highest BCUT2D eigenvalue weighted by Gasteiger charge is 2.19. The zero-order valence-electron chi connectivity index (χ0n) is 16.2. The fraction of sp³-hybridized carbons (Fsp3) is 0.400. The van der Waals surface area contributed by atoms with Crippen LogP contribution >= 0.6 is 8.58 Å². The van der Waals surface area contributed by atoms with Gasteiger partial charge in [-0.05, 0) is 31.0 Å². The van der Waals surface area contributed by atoms with E-state index in [1.807, 2.05) is 0 Å². The number of benzene rings is 2. The van der Waals surface area contributed by atoms with Crippen LogP contribution in [0, 0.1) is 0 Å². The summed E-state index contributed by atoms with van der Waals surface area (Å²) in [5, 5.41) is 4.11. The Morgan fingerprint density at radius 1 is 1.00 bits per heavy atom. The number of rotatable bonds is 8. The summed E-state index contributed by atoms with van der Waals surface area (Å²) in [7, 11) is 5.09. The zero-order chi connectivity index (χ0) is 18.4. The third kappa shape index (κ3) is 5.93. The van der Waals surface area contributed by atoms with Gasteiger partial charge in [0.05, 0.1) is 8.07 Å². The molecule has 3 nitrogen and oxygen atoms in total. The van der Waals surface area contributed by atoms with Gasteiger partial charge in [0, 0.05) is 19.0 Å². The molecule has 0 N–H and O–H groups in total. The van der Waals surface area contributed by atoms with E-state index in [9.17, 15) is 0 Å². The molecule has 1 unspecified atom stereocenters. The maximum atomic E-state index is 5.84. The second-order valence-corrected chi connectivity index (χ2v) is 13.9. The number of ether oxygens (including phenoxy) is 2. The molecule has 0 bridgehead atoms. The van der Waals surface area contributed by atoms with Crippen LogP contribution in [-0.2, 0) is 11.3 Å². The molecule has 2 rings (SSSR count). The Morgan fingerprint density at radius 3 is 2.36 bits per heavy atom. The molecule has 2 aromatic rings. The molecule has 0 spiro atoms. The smallest absolute Gasteiger partial charge is 0.188 e. The van der Waals surface area contributed by atoms with Gasteiger partial charge >= 0.3 is 0 Å². The number of hydrogen-bond acceptors (Lipinski definition) is 3. The second-order valence-electron chi connectivity index (χ2n) is 7.53. The quantitative estimate of drug-likeness (QED) is 0.402. The molecule has 136 valence electrons. The first-order chi connectivity index (χ1) is 11.8. The highest BCUT2D eigenvalue weighted by molar-refractivity contribution is 7.56. The van der Waals surface area contributed by atoms with Crippen LogP contribution in [0.2, 0.25) is 19.6 Å². The Hall–Kier alpha value is -1.19. The summed E-state index contributed by atoms with van der Waals surface area (Å²) < 4.78 is 10.9. The SMILES string of the molecule is COCOc1ccc([Si](C)(C)C)cc1Pc1ccccc1CN(C)C. The van der Waals surface area contributed by atoms with Gasteiger partial charge in [-0.1, -0.05) is 69.8 Å². The Bertz CT molecular complexity index is 698. The molecule has 25 heavy (non-hydrogen) atoms. The maximum Gasteiger partial charge on any atom is 0.188 e. The zero-order valence-corrected chi connectivity index (χ0v) is 18.2.